The van der Waals surface area contributed by atoms with E-state index in [9.17, 15) is 4.79 Å². The Morgan fingerprint density at radius 1 is 1.53 bits per heavy atom. The monoisotopic (exact) mass is 223 g/mol. The predicted octanol–water partition coefficient (Wildman–Crippen LogP) is 1.41. The normalized spacial score (nSPS) is 18.8. The molecule has 15 heavy (non-hydrogen) atoms. The van der Waals surface area contributed by atoms with Crippen molar-refractivity contribution >= 4 is 22.5 Å². The first-order valence-electron chi connectivity index (χ1n) is 4.79. The molecular formula is C11H13NO2S. The Morgan fingerprint density at radius 2 is 2.33 bits per heavy atom. The number of H-pyrrole nitrogens is 1. The number of esters is 1. The van der Waals surface area contributed by atoms with Gasteiger partial charge in [-0.05, 0) is 31.4 Å². The number of hydrogen-bond acceptors (Lipinski definition) is 2. The minimum Gasteiger partial charge on any atom is -0.462 e. The second kappa shape index (κ2) is 4.06. The van der Waals surface area contributed by atoms with Gasteiger partial charge in [0.1, 0.15) is 0 Å². The van der Waals surface area contributed by atoms with Crippen LogP contribution in [-0.2, 0) is 9.53 Å². The van der Waals surface area contributed by atoms with Crippen molar-refractivity contribution < 1.29 is 9.53 Å². The van der Waals surface area contributed by atoms with Crippen LogP contribution >= 0.6 is 10.5 Å². The van der Waals surface area contributed by atoms with Gasteiger partial charge in [-0.2, -0.15) is 0 Å². The number of fused-ring (bicyclic) bond motifs is 1. The summed E-state index contributed by atoms with van der Waals surface area (Å²) in [6.07, 6.45) is 7.71. The third-order valence-electron chi connectivity index (χ3n) is 2.28. The van der Waals surface area contributed by atoms with E-state index in [4.69, 9.17) is 4.74 Å². The van der Waals surface area contributed by atoms with Crippen LogP contribution in [-0.4, -0.2) is 23.8 Å². The van der Waals surface area contributed by atoms with Crippen LogP contribution in [0.4, 0.5) is 0 Å². The molecule has 0 bridgehead atoms. The lowest BCUT2D eigenvalue weighted by atomic mass is 10.4. The maximum Gasteiger partial charge on any atom is 0.344 e. The molecule has 0 amide bonds. The molecule has 3 nitrogen and oxygen atoms in total. The molecule has 1 aromatic heterocycles. The number of carbonyl (C=O) groups is 1. The summed E-state index contributed by atoms with van der Waals surface area (Å²) in [5.41, 5.74) is 0. The lowest BCUT2D eigenvalue weighted by Gasteiger charge is -2.09. The van der Waals surface area contributed by atoms with Gasteiger partial charge in [0.25, 0.3) is 0 Å². The summed E-state index contributed by atoms with van der Waals surface area (Å²) in [6.45, 7) is 2.24. The average Bonchev–Trinajstić information content (AvgIpc) is 2.67. The van der Waals surface area contributed by atoms with Gasteiger partial charge in [0.15, 0.2) is 0 Å². The number of hydrogen-bond donors (Lipinski definition) is 1. The van der Waals surface area contributed by atoms with Gasteiger partial charge in [-0.3, -0.25) is 0 Å². The smallest absolute Gasteiger partial charge is 0.344 e. The number of ether oxygens (including phenoxy) is 1. The molecular weight excluding hydrogens is 210 g/mol. The maximum atomic E-state index is 11.6. The van der Waals surface area contributed by atoms with E-state index in [1.165, 1.54) is 4.51 Å². The fourth-order valence-electron chi connectivity index (χ4n) is 1.54. The standard InChI is InChI=1S/C11H13NO2S/c1-3-14-11(13)10-5-4-8-9(15(10)2)6-7-12-8/h4-7,12H,3H2,1-2H3. The number of aromatic amines is 1. The molecule has 1 N–H and O–H groups in total. The van der Waals surface area contributed by atoms with E-state index in [0.717, 1.165) is 10.3 Å². The summed E-state index contributed by atoms with van der Waals surface area (Å²) in [5.74, 6) is -0.202. The highest BCUT2D eigenvalue weighted by molar-refractivity contribution is 8.13. The highest BCUT2D eigenvalue weighted by Crippen LogP contribution is 2.26. The molecule has 0 fully saturated rings. The van der Waals surface area contributed by atoms with Gasteiger partial charge in [-0.25, -0.2) is 4.79 Å². The molecule has 1 aromatic rings. The van der Waals surface area contributed by atoms with Crippen LogP contribution in [0.15, 0.2) is 23.2 Å². The molecule has 2 rings (SSSR count). The number of nitrogens with one attached hydrogen (secondary N) is 1. The fraction of sp³-hybridized carbons (Fsp3) is 0.273. The highest BCUT2D eigenvalue weighted by Gasteiger charge is 2.14. The van der Waals surface area contributed by atoms with Crippen LogP contribution in [0, 0.1) is 4.51 Å². The van der Waals surface area contributed by atoms with Crippen LogP contribution in [0.3, 0.4) is 0 Å². The Bertz CT molecular complexity index is 539. The first kappa shape index (κ1) is 10.2. The Morgan fingerprint density at radius 3 is 3.07 bits per heavy atom. The van der Waals surface area contributed by atoms with Gasteiger partial charge in [-0.15, -0.1) is 10.5 Å². The van der Waals surface area contributed by atoms with Crippen molar-refractivity contribution in [1.29, 1.82) is 0 Å². The molecule has 0 spiro atoms. The zero-order chi connectivity index (χ0) is 10.8. The summed E-state index contributed by atoms with van der Waals surface area (Å²) < 4.78 is 6.19. The number of rotatable bonds is 2. The third kappa shape index (κ3) is 1.77. The summed E-state index contributed by atoms with van der Waals surface area (Å²) in [4.78, 5) is 15.5. The quantitative estimate of drug-likeness (QED) is 0.608. The number of allylic oxidation sites excluding steroid dienone is 1. The van der Waals surface area contributed by atoms with Gasteiger partial charge in [-0.1, -0.05) is 0 Å². The van der Waals surface area contributed by atoms with Crippen molar-refractivity contribution in [2.24, 2.45) is 0 Å². The minimum absolute atomic E-state index is 0.179. The maximum absolute atomic E-state index is 11.6. The number of carbonyl (C=O) groups excluding carboxylic acids is 1. The summed E-state index contributed by atoms with van der Waals surface area (Å²) in [5, 5.41) is 1.09. The van der Waals surface area contributed by atoms with Gasteiger partial charge >= 0.3 is 5.97 Å². The Labute approximate surface area is 90.4 Å². The zero-order valence-electron chi connectivity index (χ0n) is 8.74. The molecule has 0 aliphatic carbocycles. The van der Waals surface area contributed by atoms with E-state index in [1.807, 2.05) is 37.6 Å². The molecule has 1 aliphatic heterocycles. The van der Waals surface area contributed by atoms with Crippen molar-refractivity contribution in [2.45, 2.75) is 6.92 Å². The summed E-state index contributed by atoms with van der Waals surface area (Å²) in [7, 11) is -0.179. The first-order valence-corrected chi connectivity index (χ1v) is 6.42. The first-order chi connectivity index (χ1) is 7.24. The van der Waals surface area contributed by atoms with E-state index in [-0.39, 0.29) is 16.5 Å². The van der Waals surface area contributed by atoms with Gasteiger partial charge in [0, 0.05) is 10.7 Å². The molecule has 0 saturated heterocycles. The molecule has 1 atom stereocenters. The lowest BCUT2D eigenvalue weighted by molar-refractivity contribution is -0.137. The second-order valence-corrected chi connectivity index (χ2v) is 5.08. The predicted molar refractivity (Wildman–Crippen MR) is 61.9 cm³/mol. The molecule has 0 saturated carbocycles. The molecule has 80 valence electrons. The largest absolute Gasteiger partial charge is 0.462 e. The minimum atomic E-state index is -0.202. The second-order valence-electron chi connectivity index (χ2n) is 3.18. The average molecular weight is 223 g/mol. The van der Waals surface area contributed by atoms with Crippen LogP contribution < -0.4 is 5.35 Å². The molecule has 1 aliphatic rings. The van der Waals surface area contributed by atoms with Crippen molar-refractivity contribution in [3.8, 4) is 0 Å². The van der Waals surface area contributed by atoms with Gasteiger partial charge in [0.05, 0.1) is 16.9 Å². The highest BCUT2D eigenvalue weighted by atomic mass is 32.2. The Kier molecular flexibility index (Phi) is 2.77. The summed E-state index contributed by atoms with van der Waals surface area (Å²) >= 11 is 0. The van der Waals surface area contributed by atoms with E-state index < -0.39 is 0 Å². The zero-order valence-corrected chi connectivity index (χ0v) is 9.56. The van der Waals surface area contributed by atoms with E-state index in [2.05, 4.69) is 4.98 Å². The Balaban J connectivity index is 2.47. The van der Waals surface area contributed by atoms with Crippen LogP contribution in [0.5, 0.6) is 0 Å². The molecule has 1 unspecified atom stereocenters. The van der Waals surface area contributed by atoms with Crippen LogP contribution in [0.2, 0.25) is 0 Å². The van der Waals surface area contributed by atoms with Crippen molar-refractivity contribution in [3.05, 3.63) is 33.1 Å². The molecule has 4 heteroatoms. The van der Waals surface area contributed by atoms with Crippen LogP contribution in [0.1, 0.15) is 6.92 Å². The van der Waals surface area contributed by atoms with Crippen molar-refractivity contribution in [1.82, 2.24) is 4.98 Å². The summed E-state index contributed by atoms with van der Waals surface area (Å²) in [6, 6.07) is 2.02. The lowest BCUT2D eigenvalue weighted by Crippen LogP contribution is -2.11. The molecule has 0 aromatic carbocycles. The number of aromatic nitrogens is 1. The van der Waals surface area contributed by atoms with Gasteiger partial charge < -0.3 is 9.72 Å². The van der Waals surface area contributed by atoms with E-state index in [0.29, 0.717) is 6.61 Å². The van der Waals surface area contributed by atoms with E-state index in [1.54, 1.807) is 0 Å². The Hall–Kier alpha value is -1.29. The van der Waals surface area contributed by atoms with Crippen molar-refractivity contribution in [3.63, 3.8) is 0 Å². The SMILES string of the molecule is CCOC(=O)C1=CC=c2[nH]ccc2=S1C. The van der Waals surface area contributed by atoms with Crippen molar-refractivity contribution in [2.75, 3.05) is 12.9 Å². The third-order valence-corrected chi connectivity index (χ3v) is 4.25. The van der Waals surface area contributed by atoms with Crippen LogP contribution in [0.25, 0.3) is 6.08 Å². The molecule has 2 heterocycles. The topological polar surface area (TPSA) is 42.1 Å². The van der Waals surface area contributed by atoms with Gasteiger partial charge in [0.2, 0.25) is 0 Å². The molecule has 0 radical (unpaired) electrons. The van der Waals surface area contributed by atoms with E-state index >= 15 is 0 Å². The fourth-order valence-corrected chi connectivity index (χ4v) is 3.09.